The Bertz CT molecular complexity index is 655. The van der Waals surface area contributed by atoms with Crippen molar-refractivity contribution in [2.45, 2.75) is 32.7 Å². The molecule has 0 saturated carbocycles. The minimum atomic E-state index is 0.0303. The maximum absolute atomic E-state index is 12.4. The van der Waals surface area contributed by atoms with E-state index >= 15 is 0 Å². The second-order valence-electron chi connectivity index (χ2n) is 5.63. The fourth-order valence-corrected chi connectivity index (χ4v) is 3.77. The van der Waals surface area contributed by atoms with E-state index in [4.69, 9.17) is 0 Å². The van der Waals surface area contributed by atoms with E-state index in [0.717, 1.165) is 42.3 Å². The van der Waals surface area contributed by atoms with Gasteiger partial charge < -0.3 is 10.2 Å². The topological polar surface area (TPSA) is 58.1 Å². The van der Waals surface area contributed by atoms with Gasteiger partial charge in [-0.1, -0.05) is 0 Å². The van der Waals surface area contributed by atoms with Crippen LogP contribution < -0.4 is 10.2 Å². The van der Waals surface area contributed by atoms with Crippen LogP contribution in [-0.4, -0.2) is 35.0 Å². The molecule has 1 saturated heterocycles. The van der Waals surface area contributed by atoms with Gasteiger partial charge in [0.05, 0.1) is 5.56 Å². The molecule has 116 valence electrons. The summed E-state index contributed by atoms with van der Waals surface area (Å²) in [5.41, 5.74) is 0.801. The van der Waals surface area contributed by atoms with Gasteiger partial charge in [-0.3, -0.25) is 4.79 Å². The predicted octanol–water partition coefficient (Wildman–Crippen LogP) is 2.55. The molecule has 6 heteroatoms. The maximum Gasteiger partial charge on any atom is 0.252 e. The van der Waals surface area contributed by atoms with Crippen molar-refractivity contribution < 1.29 is 4.79 Å². The number of piperidine rings is 1. The highest BCUT2D eigenvalue weighted by molar-refractivity contribution is 7.12. The first-order chi connectivity index (χ1) is 10.6. The molecule has 1 N–H and O–H groups in total. The molecule has 2 aromatic rings. The lowest BCUT2D eigenvalue weighted by Crippen LogP contribution is -2.48. The highest BCUT2D eigenvalue weighted by atomic mass is 32.1. The Hall–Kier alpha value is -1.95. The zero-order valence-electron chi connectivity index (χ0n) is 12.9. The first kappa shape index (κ1) is 15.0. The predicted molar refractivity (Wildman–Crippen MR) is 88.5 cm³/mol. The molecule has 3 rings (SSSR count). The summed E-state index contributed by atoms with van der Waals surface area (Å²) >= 11 is 1.67. The summed E-state index contributed by atoms with van der Waals surface area (Å²) in [7, 11) is 0. The number of carbonyl (C=O) groups excluding carboxylic acids is 1. The fourth-order valence-electron chi connectivity index (χ4n) is 2.85. The van der Waals surface area contributed by atoms with Crippen molar-refractivity contribution in [1.29, 1.82) is 0 Å². The first-order valence-electron chi connectivity index (χ1n) is 7.53. The number of nitrogens with zero attached hydrogens (tertiary/aromatic N) is 3. The number of rotatable bonds is 3. The van der Waals surface area contributed by atoms with Crippen molar-refractivity contribution in [3.8, 4) is 0 Å². The molecule has 22 heavy (non-hydrogen) atoms. The van der Waals surface area contributed by atoms with E-state index in [1.54, 1.807) is 23.7 Å². The van der Waals surface area contributed by atoms with Crippen LogP contribution in [0.25, 0.3) is 0 Å². The lowest BCUT2D eigenvalue weighted by molar-refractivity contribution is 0.0933. The van der Waals surface area contributed by atoms with Gasteiger partial charge in [0.2, 0.25) is 5.95 Å². The molecule has 1 aliphatic rings. The third kappa shape index (κ3) is 3.27. The maximum atomic E-state index is 12.4. The Morgan fingerprint density at radius 2 is 2.14 bits per heavy atom. The number of hydrogen-bond donors (Lipinski definition) is 1. The SMILES string of the molecule is Cc1cc(C(=O)N[C@H]2CCCN(c3ncccn3)C2)c(C)s1. The number of aryl methyl sites for hydroxylation is 2. The van der Waals surface area contributed by atoms with Gasteiger partial charge in [-0.2, -0.15) is 0 Å². The van der Waals surface area contributed by atoms with Crippen LogP contribution in [0, 0.1) is 13.8 Å². The van der Waals surface area contributed by atoms with Crippen LogP contribution >= 0.6 is 11.3 Å². The van der Waals surface area contributed by atoms with Crippen molar-refractivity contribution >= 4 is 23.2 Å². The summed E-state index contributed by atoms with van der Waals surface area (Å²) in [6, 6.07) is 3.93. The molecular weight excluding hydrogens is 296 g/mol. The number of carbonyl (C=O) groups is 1. The van der Waals surface area contributed by atoms with Gasteiger partial charge >= 0.3 is 0 Å². The second kappa shape index (κ2) is 6.44. The van der Waals surface area contributed by atoms with Crippen molar-refractivity contribution in [1.82, 2.24) is 15.3 Å². The van der Waals surface area contributed by atoms with Gasteiger partial charge in [-0.05, 0) is 38.8 Å². The Kier molecular flexibility index (Phi) is 4.38. The Morgan fingerprint density at radius 1 is 1.36 bits per heavy atom. The molecule has 0 radical (unpaired) electrons. The van der Waals surface area contributed by atoms with Crippen molar-refractivity contribution in [3.05, 3.63) is 39.8 Å². The summed E-state index contributed by atoms with van der Waals surface area (Å²) in [5, 5.41) is 3.16. The number of anilines is 1. The van der Waals surface area contributed by atoms with Crippen LogP contribution in [0.5, 0.6) is 0 Å². The lowest BCUT2D eigenvalue weighted by Gasteiger charge is -2.33. The lowest BCUT2D eigenvalue weighted by atomic mass is 10.1. The highest BCUT2D eigenvalue weighted by Gasteiger charge is 2.24. The van der Waals surface area contributed by atoms with Crippen molar-refractivity contribution in [3.63, 3.8) is 0 Å². The van der Waals surface area contributed by atoms with E-state index in [0.29, 0.717) is 0 Å². The molecule has 2 aromatic heterocycles. The van der Waals surface area contributed by atoms with Crippen LogP contribution in [0.3, 0.4) is 0 Å². The monoisotopic (exact) mass is 316 g/mol. The van der Waals surface area contributed by atoms with E-state index in [2.05, 4.69) is 20.2 Å². The summed E-state index contributed by atoms with van der Waals surface area (Å²) in [4.78, 5) is 25.4. The molecule has 0 aromatic carbocycles. The molecule has 1 fully saturated rings. The van der Waals surface area contributed by atoms with E-state index in [1.807, 2.05) is 26.0 Å². The molecule has 0 bridgehead atoms. The van der Waals surface area contributed by atoms with Gasteiger partial charge in [0.1, 0.15) is 0 Å². The first-order valence-corrected chi connectivity index (χ1v) is 8.35. The van der Waals surface area contributed by atoms with Gasteiger partial charge in [-0.15, -0.1) is 11.3 Å². The largest absolute Gasteiger partial charge is 0.347 e. The number of hydrogen-bond acceptors (Lipinski definition) is 5. The molecule has 1 amide bonds. The zero-order chi connectivity index (χ0) is 15.5. The van der Waals surface area contributed by atoms with Crippen LogP contribution in [0.1, 0.15) is 33.0 Å². The van der Waals surface area contributed by atoms with E-state index < -0.39 is 0 Å². The van der Waals surface area contributed by atoms with Crippen LogP contribution in [0.15, 0.2) is 24.5 Å². The quantitative estimate of drug-likeness (QED) is 0.945. The average molecular weight is 316 g/mol. The summed E-state index contributed by atoms with van der Waals surface area (Å²) in [6.45, 7) is 5.73. The van der Waals surface area contributed by atoms with Crippen LogP contribution in [0.2, 0.25) is 0 Å². The molecule has 0 aliphatic carbocycles. The summed E-state index contributed by atoms with van der Waals surface area (Å²) < 4.78 is 0. The molecule has 3 heterocycles. The Balaban J connectivity index is 1.65. The van der Waals surface area contributed by atoms with Crippen molar-refractivity contribution in [2.75, 3.05) is 18.0 Å². The minimum Gasteiger partial charge on any atom is -0.347 e. The summed E-state index contributed by atoms with van der Waals surface area (Å²) in [5.74, 6) is 0.770. The second-order valence-corrected chi connectivity index (χ2v) is 7.09. The normalized spacial score (nSPS) is 18.3. The summed E-state index contributed by atoms with van der Waals surface area (Å²) in [6.07, 6.45) is 5.53. The molecular formula is C16H20N4OS. The number of aromatic nitrogens is 2. The van der Waals surface area contributed by atoms with Gasteiger partial charge in [0.15, 0.2) is 0 Å². The molecule has 1 aliphatic heterocycles. The Labute approximate surface area is 134 Å². The van der Waals surface area contributed by atoms with E-state index in [1.165, 1.54) is 4.88 Å². The van der Waals surface area contributed by atoms with Gasteiger partial charge in [-0.25, -0.2) is 9.97 Å². The minimum absolute atomic E-state index is 0.0303. The van der Waals surface area contributed by atoms with Crippen LogP contribution in [0.4, 0.5) is 5.95 Å². The zero-order valence-corrected chi connectivity index (χ0v) is 13.7. The van der Waals surface area contributed by atoms with Gasteiger partial charge in [0, 0.05) is 41.3 Å². The molecule has 5 nitrogen and oxygen atoms in total. The van der Waals surface area contributed by atoms with E-state index in [-0.39, 0.29) is 11.9 Å². The highest BCUT2D eigenvalue weighted by Crippen LogP contribution is 2.21. The fraction of sp³-hybridized carbons (Fsp3) is 0.438. The van der Waals surface area contributed by atoms with Crippen molar-refractivity contribution in [2.24, 2.45) is 0 Å². The number of thiophene rings is 1. The van der Waals surface area contributed by atoms with Gasteiger partial charge in [0.25, 0.3) is 5.91 Å². The van der Waals surface area contributed by atoms with Crippen LogP contribution in [-0.2, 0) is 0 Å². The molecule has 1 atom stereocenters. The average Bonchev–Trinajstić information content (AvgIpc) is 2.87. The smallest absolute Gasteiger partial charge is 0.252 e. The molecule has 0 unspecified atom stereocenters. The Morgan fingerprint density at radius 3 is 2.82 bits per heavy atom. The standard InChI is InChI=1S/C16H20N4OS/c1-11-9-14(12(2)22-11)15(21)19-13-5-3-8-20(10-13)16-17-6-4-7-18-16/h4,6-7,9,13H,3,5,8,10H2,1-2H3,(H,19,21)/t13-/m0/s1. The molecule has 0 spiro atoms. The number of amides is 1. The number of nitrogens with one attached hydrogen (secondary N) is 1. The third-order valence-electron chi connectivity index (χ3n) is 3.88. The third-order valence-corrected chi connectivity index (χ3v) is 4.84. The van der Waals surface area contributed by atoms with E-state index in [9.17, 15) is 4.79 Å².